The van der Waals surface area contributed by atoms with Crippen molar-refractivity contribution in [1.29, 1.82) is 5.26 Å². The SMILES string of the molecule is N#C/C(=C/Nc1cc(Br)ccn1)C(=O)Nc1ccc(Cl)cc1. The Morgan fingerprint density at radius 3 is 2.68 bits per heavy atom. The molecule has 0 bridgehead atoms. The van der Waals surface area contributed by atoms with Gasteiger partial charge < -0.3 is 10.6 Å². The van der Waals surface area contributed by atoms with Crippen molar-refractivity contribution in [2.24, 2.45) is 0 Å². The van der Waals surface area contributed by atoms with E-state index in [9.17, 15) is 4.79 Å². The van der Waals surface area contributed by atoms with Crippen molar-refractivity contribution < 1.29 is 4.79 Å². The van der Waals surface area contributed by atoms with Crippen LogP contribution >= 0.6 is 27.5 Å². The summed E-state index contributed by atoms with van der Waals surface area (Å²) in [6.07, 6.45) is 2.90. The van der Waals surface area contributed by atoms with Crippen LogP contribution in [0.4, 0.5) is 11.5 Å². The summed E-state index contributed by atoms with van der Waals surface area (Å²) in [6, 6.07) is 11.9. The minimum atomic E-state index is -0.521. The molecule has 0 atom stereocenters. The molecule has 1 amide bonds. The lowest BCUT2D eigenvalue weighted by atomic mass is 10.2. The number of hydrogen-bond acceptors (Lipinski definition) is 4. The topological polar surface area (TPSA) is 77.8 Å². The van der Waals surface area contributed by atoms with Crippen LogP contribution < -0.4 is 10.6 Å². The van der Waals surface area contributed by atoms with E-state index in [4.69, 9.17) is 16.9 Å². The van der Waals surface area contributed by atoms with Gasteiger partial charge in [-0.3, -0.25) is 4.79 Å². The van der Waals surface area contributed by atoms with Crippen LogP contribution in [0.2, 0.25) is 5.02 Å². The highest BCUT2D eigenvalue weighted by atomic mass is 79.9. The standard InChI is InChI=1S/C15H10BrClN4O/c16-11-5-6-19-14(7-11)20-9-10(8-18)15(22)21-13-3-1-12(17)2-4-13/h1-7,9H,(H,19,20)(H,21,22)/b10-9-. The highest BCUT2D eigenvalue weighted by molar-refractivity contribution is 9.10. The van der Waals surface area contributed by atoms with E-state index in [1.165, 1.54) is 6.20 Å². The van der Waals surface area contributed by atoms with Crippen LogP contribution in [0.3, 0.4) is 0 Å². The van der Waals surface area contributed by atoms with Gasteiger partial charge in [0.05, 0.1) is 0 Å². The van der Waals surface area contributed by atoms with E-state index in [1.807, 2.05) is 6.07 Å². The molecule has 0 radical (unpaired) electrons. The Balaban J connectivity index is 2.07. The number of amides is 1. The van der Waals surface area contributed by atoms with E-state index in [-0.39, 0.29) is 5.57 Å². The van der Waals surface area contributed by atoms with Crippen molar-refractivity contribution in [2.75, 3.05) is 10.6 Å². The maximum atomic E-state index is 12.0. The maximum absolute atomic E-state index is 12.0. The molecule has 2 rings (SSSR count). The molecule has 1 aromatic heterocycles. The van der Waals surface area contributed by atoms with Gasteiger partial charge in [-0.2, -0.15) is 5.26 Å². The minimum Gasteiger partial charge on any atom is -0.345 e. The number of hydrogen-bond donors (Lipinski definition) is 2. The summed E-state index contributed by atoms with van der Waals surface area (Å²) in [6.45, 7) is 0. The zero-order chi connectivity index (χ0) is 15.9. The van der Waals surface area contributed by atoms with E-state index in [0.29, 0.717) is 16.5 Å². The van der Waals surface area contributed by atoms with E-state index in [2.05, 4.69) is 31.5 Å². The smallest absolute Gasteiger partial charge is 0.267 e. The minimum absolute atomic E-state index is 0.0725. The first-order valence-electron chi connectivity index (χ1n) is 6.14. The van der Waals surface area contributed by atoms with Gasteiger partial charge in [-0.15, -0.1) is 0 Å². The molecule has 1 aromatic carbocycles. The van der Waals surface area contributed by atoms with E-state index in [1.54, 1.807) is 42.6 Å². The average Bonchev–Trinajstić information content (AvgIpc) is 2.50. The monoisotopic (exact) mass is 376 g/mol. The Bertz CT molecular complexity index is 753. The molecule has 110 valence electrons. The molecule has 0 aliphatic rings. The molecule has 0 fully saturated rings. The Kier molecular flexibility index (Phi) is 5.53. The van der Waals surface area contributed by atoms with Crippen molar-refractivity contribution in [3.05, 3.63) is 63.9 Å². The van der Waals surface area contributed by atoms with Gasteiger partial charge in [0.15, 0.2) is 0 Å². The number of carbonyl (C=O) groups excluding carboxylic acids is 1. The number of rotatable bonds is 4. The van der Waals surface area contributed by atoms with E-state index < -0.39 is 5.91 Å². The predicted octanol–water partition coefficient (Wildman–Crippen LogP) is 3.96. The van der Waals surface area contributed by atoms with Crippen LogP contribution in [0.5, 0.6) is 0 Å². The Morgan fingerprint density at radius 1 is 1.32 bits per heavy atom. The van der Waals surface area contributed by atoms with Gasteiger partial charge in [-0.1, -0.05) is 27.5 Å². The Morgan fingerprint density at radius 2 is 2.05 bits per heavy atom. The number of nitrogens with zero attached hydrogens (tertiary/aromatic N) is 2. The number of nitrogens with one attached hydrogen (secondary N) is 2. The molecule has 0 saturated heterocycles. The second-order valence-electron chi connectivity index (χ2n) is 4.13. The first kappa shape index (κ1) is 16.0. The average molecular weight is 378 g/mol. The lowest BCUT2D eigenvalue weighted by molar-refractivity contribution is -0.112. The van der Waals surface area contributed by atoms with Gasteiger partial charge >= 0.3 is 0 Å². The van der Waals surface area contributed by atoms with Crippen molar-refractivity contribution in [3.8, 4) is 6.07 Å². The molecule has 2 aromatic rings. The van der Waals surface area contributed by atoms with Gasteiger partial charge in [0.1, 0.15) is 17.5 Å². The van der Waals surface area contributed by atoms with E-state index in [0.717, 1.165) is 4.47 Å². The van der Waals surface area contributed by atoms with Crippen molar-refractivity contribution >= 4 is 44.9 Å². The van der Waals surface area contributed by atoms with Crippen LogP contribution in [-0.4, -0.2) is 10.9 Å². The first-order valence-corrected chi connectivity index (χ1v) is 7.31. The molecule has 0 aliphatic heterocycles. The van der Waals surface area contributed by atoms with Crippen LogP contribution in [0, 0.1) is 11.3 Å². The third kappa shape index (κ3) is 4.58. The zero-order valence-corrected chi connectivity index (χ0v) is 13.5. The Labute approximate surface area is 140 Å². The fourth-order valence-corrected chi connectivity index (χ4v) is 1.97. The van der Waals surface area contributed by atoms with Crippen molar-refractivity contribution in [3.63, 3.8) is 0 Å². The molecule has 5 nitrogen and oxygen atoms in total. The number of carbonyl (C=O) groups is 1. The summed E-state index contributed by atoms with van der Waals surface area (Å²) < 4.78 is 0.836. The fraction of sp³-hybridized carbons (Fsp3) is 0. The largest absolute Gasteiger partial charge is 0.345 e. The van der Waals surface area contributed by atoms with Crippen molar-refractivity contribution in [1.82, 2.24) is 4.98 Å². The number of nitriles is 1. The van der Waals surface area contributed by atoms with Gasteiger partial charge in [0.2, 0.25) is 0 Å². The van der Waals surface area contributed by atoms with Crippen molar-refractivity contribution in [2.45, 2.75) is 0 Å². The molecule has 7 heteroatoms. The van der Waals surface area contributed by atoms with Gasteiger partial charge in [0.25, 0.3) is 5.91 Å². The lowest BCUT2D eigenvalue weighted by Crippen LogP contribution is -2.14. The fourth-order valence-electron chi connectivity index (χ4n) is 1.51. The third-order valence-corrected chi connectivity index (χ3v) is 3.30. The number of anilines is 2. The van der Waals surface area contributed by atoms with Crippen LogP contribution in [0.15, 0.2) is 58.8 Å². The Hall–Kier alpha value is -2.36. The summed E-state index contributed by atoms with van der Waals surface area (Å²) >= 11 is 9.08. The van der Waals surface area contributed by atoms with Crippen LogP contribution in [0.25, 0.3) is 0 Å². The summed E-state index contributed by atoms with van der Waals surface area (Å²) in [5.41, 5.74) is 0.479. The van der Waals surface area contributed by atoms with Gasteiger partial charge in [0, 0.05) is 27.6 Å². The van der Waals surface area contributed by atoms with Gasteiger partial charge in [-0.05, 0) is 36.4 Å². The molecule has 0 unspecified atom stereocenters. The predicted molar refractivity (Wildman–Crippen MR) is 89.3 cm³/mol. The highest BCUT2D eigenvalue weighted by Gasteiger charge is 2.09. The van der Waals surface area contributed by atoms with Crippen LogP contribution in [0.1, 0.15) is 0 Å². The number of benzene rings is 1. The number of aromatic nitrogens is 1. The summed E-state index contributed by atoms with van der Waals surface area (Å²) in [5.74, 6) is -0.00580. The number of halogens is 2. The molecule has 2 N–H and O–H groups in total. The zero-order valence-electron chi connectivity index (χ0n) is 11.2. The molecule has 0 spiro atoms. The lowest BCUT2D eigenvalue weighted by Gasteiger charge is -2.05. The molecule has 22 heavy (non-hydrogen) atoms. The number of pyridine rings is 1. The summed E-state index contributed by atoms with van der Waals surface area (Å²) in [7, 11) is 0. The second-order valence-corrected chi connectivity index (χ2v) is 5.49. The van der Waals surface area contributed by atoms with E-state index >= 15 is 0 Å². The molecular weight excluding hydrogens is 368 g/mol. The molecule has 0 aliphatic carbocycles. The molecule has 1 heterocycles. The van der Waals surface area contributed by atoms with Gasteiger partial charge in [-0.25, -0.2) is 4.98 Å². The third-order valence-electron chi connectivity index (χ3n) is 2.55. The molecular formula is C15H10BrClN4O. The summed E-state index contributed by atoms with van der Waals surface area (Å²) in [4.78, 5) is 16.1. The summed E-state index contributed by atoms with van der Waals surface area (Å²) in [5, 5.41) is 15.1. The maximum Gasteiger partial charge on any atom is 0.267 e. The first-order chi connectivity index (χ1) is 10.6. The normalized spacial score (nSPS) is 10.7. The van der Waals surface area contributed by atoms with Crippen LogP contribution in [-0.2, 0) is 4.79 Å². The second kappa shape index (κ2) is 7.59. The highest BCUT2D eigenvalue weighted by Crippen LogP contribution is 2.15. The quantitative estimate of drug-likeness (QED) is 0.624. The molecule has 0 saturated carbocycles.